The number of anilines is 2. The van der Waals surface area contributed by atoms with Crippen molar-refractivity contribution in [2.24, 2.45) is 0 Å². The molecule has 1 aromatic heterocycles. The molecule has 0 spiro atoms. The molecule has 0 atom stereocenters. The van der Waals surface area contributed by atoms with Crippen LogP contribution < -0.4 is 4.90 Å². The number of benzene rings is 5. The maximum atomic E-state index is 2.58. The van der Waals surface area contributed by atoms with E-state index in [4.69, 9.17) is 0 Å². The summed E-state index contributed by atoms with van der Waals surface area (Å²) in [7, 11) is 0. The topological polar surface area (TPSA) is 8.17 Å². The summed E-state index contributed by atoms with van der Waals surface area (Å²) < 4.78 is 2.41. The fourth-order valence-corrected chi connectivity index (χ4v) is 6.82. The molecular weight excluding hydrogens is 472 g/mol. The Balaban J connectivity index is 1.58. The van der Waals surface area contributed by atoms with E-state index in [0.29, 0.717) is 0 Å². The molecule has 0 aliphatic heterocycles. The minimum absolute atomic E-state index is 0.0408. The molecule has 0 fully saturated rings. The molecule has 2 nitrogen and oxygen atoms in total. The minimum atomic E-state index is -0.166. The first-order valence-corrected chi connectivity index (χ1v) is 13.9. The van der Waals surface area contributed by atoms with Crippen LogP contribution >= 0.6 is 0 Å². The van der Waals surface area contributed by atoms with Crippen molar-refractivity contribution in [3.05, 3.63) is 126 Å². The number of para-hydroxylation sites is 2. The Morgan fingerprint density at radius 1 is 0.590 bits per heavy atom. The quantitative estimate of drug-likeness (QED) is 0.232. The predicted molar refractivity (Wildman–Crippen MR) is 167 cm³/mol. The van der Waals surface area contributed by atoms with Gasteiger partial charge in [0.25, 0.3) is 0 Å². The third-order valence-electron chi connectivity index (χ3n) is 8.43. The Hall–Kier alpha value is -4.30. The van der Waals surface area contributed by atoms with Gasteiger partial charge in [0.05, 0.1) is 16.7 Å². The second-order valence-electron chi connectivity index (χ2n) is 12.2. The van der Waals surface area contributed by atoms with Crippen molar-refractivity contribution in [1.82, 2.24) is 4.57 Å². The summed E-state index contributed by atoms with van der Waals surface area (Å²) >= 11 is 0. The second-order valence-corrected chi connectivity index (χ2v) is 12.2. The lowest BCUT2D eigenvalue weighted by molar-refractivity contribution is 0.561. The van der Waals surface area contributed by atoms with Gasteiger partial charge in [-0.2, -0.15) is 0 Å². The second kappa shape index (κ2) is 8.35. The Bertz CT molecular complexity index is 1870. The molecular formula is C37H34N2. The highest BCUT2D eigenvalue weighted by Gasteiger charge is 2.39. The van der Waals surface area contributed by atoms with Gasteiger partial charge in [-0.1, -0.05) is 92.7 Å². The lowest BCUT2D eigenvalue weighted by Crippen LogP contribution is -2.38. The number of hydrogen-bond donors (Lipinski definition) is 0. The molecule has 5 aromatic carbocycles. The highest BCUT2D eigenvalue weighted by Crippen LogP contribution is 2.54. The Kier molecular flexibility index (Phi) is 5.09. The third-order valence-corrected chi connectivity index (χ3v) is 8.43. The van der Waals surface area contributed by atoms with Crippen LogP contribution in [0.15, 0.2) is 115 Å². The molecule has 1 heterocycles. The van der Waals surface area contributed by atoms with Crippen LogP contribution in [-0.2, 0) is 5.41 Å². The molecule has 6 aromatic rings. The Labute approximate surface area is 231 Å². The zero-order valence-corrected chi connectivity index (χ0v) is 23.4. The van der Waals surface area contributed by atoms with E-state index in [1.165, 1.54) is 61.1 Å². The van der Waals surface area contributed by atoms with Crippen molar-refractivity contribution in [3.63, 3.8) is 0 Å². The van der Waals surface area contributed by atoms with Gasteiger partial charge in [-0.3, -0.25) is 0 Å². The standard InChI is InChI=1S/C37H34N2/c1-36(2,3)39(32-23-13-20-29-34(32)26-17-9-11-19-28(26)37(29,4)5)33-24-14-22-31-35(33)27-18-10-12-21-30(27)38(31)25-15-7-6-8-16-25/h6-24H,1-5H3. The molecule has 2 heteroatoms. The van der Waals surface area contributed by atoms with Crippen LogP contribution in [0.5, 0.6) is 0 Å². The fraction of sp³-hybridized carbons (Fsp3) is 0.189. The zero-order valence-electron chi connectivity index (χ0n) is 23.4. The molecule has 0 unspecified atom stereocenters. The molecule has 39 heavy (non-hydrogen) atoms. The highest BCUT2D eigenvalue weighted by atomic mass is 15.2. The van der Waals surface area contributed by atoms with Gasteiger partial charge in [-0.25, -0.2) is 0 Å². The molecule has 7 rings (SSSR count). The zero-order chi connectivity index (χ0) is 26.9. The summed E-state index contributed by atoms with van der Waals surface area (Å²) in [6.07, 6.45) is 0. The molecule has 0 saturated heterocycles. The largest absolute Gasteiger partial charge is 0.335 e. The van der Waals surface area contributed by atoms with Gasteiger partial charge >= 0.3 is 0 Å². The first-order chi connectivity index (χ1) is 18.8. The molecule has 192 valence electrons. The van der Waals surface area contributed by atoms with E-state index in [1.54, 1.807) is 0 Å². The van der Waals surface area contributed by atoms with Gasteiger partial charge in [0.2, 0.25) is 0 Å². The van der Waals surface area contributed by atoms with Crippen molar-refractivity contribution in [3.8, 4) is 16.8 Å². The maximum absolute atomic E-state index is 2.58. The number of fused-ring (bicyclic) bond motifs is 6. The number of nitrogens with zero attached hydrogens (tertiary/aromatic N) is 2. The summed E-state index contributed by atoms with van der Waals surface area (Å²) in [5.74, 6) is 0. The highest BCUT2D eigenvalue weighted by molar-refractivity contribution is 6.16. The van der Waals surface area contributed by atoms with E-state index < -0.39 is 0 Å². The van der Waals surface area contributed by atoms with Crippen LogP contribution in [0, 0.1) is 0 Å². The number of rotatable bonds is 3. The van der Waals surface area contributed by atoms with Gasteiger partial charge in [-0.05, 0) is 73.9 Å². The summed E-state index contributed by atoms with van der Waals surface area (Å²) in [6.45, 7) is 11.7. The van der Waals surface area contributed by atoms with E-state index in [0.717, 1.165) is 0 Å². The average Bonchev–Trinajstić information content (AvgIpc) is 3.39. The van der Waals surface area contributed by atoms with Crippen LogP contribution in [0.25, 0.3) is 38.6 Å². The van der Waals surface area contributed by atoms with Gasteiger partial charge in [0, 0.05) is 38.7 Å². The first-order valence-electron chi connectivity index (χ1n) is 13.9. The smallest absolute Gasteiger partial charge is 0.0562 e. The van der Waals surface area contributed by atoms with E-state index >= 15 is 0 Å². The van der Waals surface area contributed by atoms with Crippen molar-refractivity contribution in [1.29, 1.82) is 0 Å². The molecule has 0 radical (unpaired) electrons. The van der Waals surface area contributed by atoms with Crippen LogP contribution in [0.3, 0.4) is 0 Å². The predicted octanol–water partition coefficient (Wildman–Crippen LogP) is 10.0. The van der Waals surface area contributed by atoms with Gasteiger partial charge < -0.3 is 9.47 Å². The molecule has 0 amide bonds. The van der Waals surface area contributed by atoms with Crippen LogP contribution in [0.1, 0.15) is 45.7 Å². The van der Waals surface area contributed by atoms with Gasteiger partial charge in [0.15, 0.2) is 0 Å². The number of hydrogen-bond acceptors (Lipinski definition) is 1. The van der Waals surface area contributed by atoms with Gasteiger partial charge in [0.1, 0.15) is 0 Å². The first kappa shape index (κ1) is 23.8. The molecule has 0 saturated carbocycles. The van der Waals surface area contributed by atoms with Crippen LogP contribution in [0.2, 0.25) is 0 Å². The van der Waals surface area contributed by atoms with E-state index in [2.05, 4.69) is 159 Å². The van der Waals surface area contributed by atoms with Crippen molar-refractivity contribution in [2.45, 2.75) is 45.6 Å². The Morgan fingerprint density at radius 3 is 2.00 bits per heavy atom. The lowest BCUT2D eigenvalue weighted by atomic mass is 9.82. The van der Waals surface area contributed by atoms with E-state index in [-0.39, 0.29) is 11.0 Å². The molecule has 0 N–H and O–H groups in total. The molecule has 1 aliphatic rings. The molecule has 0 bridgehead atoms. The normalized spacial score (nSPS) is 14.0. The molecule has 1 aliphatic carbocycles. The van der Waals surface area contributed by atoms with Crippen LogP contribution in [-0.4, -0.2) is 10.1 Å². The third kappa shape index (κ3) is 3.41. The minimum Gasteiger partial charge on any atom is -0.335 e. The van der Waals surface area contributed by atoms with Crippen molar-refractivity contribution >= 4 is 33.2 Å². The monoisotopic (exact) mass is 506 g/mol. The van der Waals surface area contributed by atoms with Crippen LogP contribution in [0.4, 0.5) is 11.4 Å². The van der Waals surface area contributed by atoms with E-state index in [1.807, 2.05) is 0 Å². The van der Waals surface area contributed by atoms with Crippen molar-refractivity contribution < 1.29 is 0 Å². The van der Waals surface area contributed by atoms with E-state index in [9.17, 15) is 0 Å². The summed E-state index contributed by atoms with van der Waals surface area (Å²) in [4.78, 5) is 2.58. The summed E-state index contributed by atoms with van der Waals surface area (Å²) in [5, 5.41) is 2.56. The summed E-state index contributed by atoms with van der Waals surface area (Å²) in [5.41, 5.74) is 11.4. The van der Waals surface area contributed by atoms with Crippen molar-refractivity contribution in [2.75, 3.05) is 4.90 Å². The fourth-order valence-electron chi connectivity index (χ4n) is 6.82. The average molecular weight is 507 g/mol. The lowest BCUT2D eigenvalue weighted by Gasteiger charge is -2.40. The number of aromatic nitrogens is 1. The Morgan fingerprint density at radius 2 is 1.21 bits per heavy atom. The SMILES string of the molecule is CC1(C)c2ccccc2-c2c(N(c3cccc4c3c3ccccc3n4-c3ccccc3)C(C)(C)C)cccc21. The summed E-state index contributed by atoms with van der Waals surface area (Å²) in [6, 6.07) is 42.2. The maximum Gasteiger partial charge on any atom is 0.0562 e. The van der Waals surface area contributed by atoms with Gasteiger partial charge in [-0.15, -0.1) is 0 Å².